The molecule has 339 valence electrons. The van der Waals surface area contributed by atoms with Gasteiger partial charge in [-0.05, 0) is 168 Å². The third-order valence-corrected chi connectivity index (χ3v) is 15.5. The Bertz CT molecular complexity index is 3060. The molecule has 0 fully saturated rings. The van der Waals surface area contributed by atoms with E-state index in [2.05, 4.69) is 254 Å². The fourth-order valence-corrected chi connectivity index (χ4v) is 11.3. The molecule has 0 aromatic heterocycles. The van der Waals surface area contributed by atoms with Crippen LogP contribution in [-0.4, -0.2) is 7.28 Å². The van der Waals surface area contributed by atoms with E-state index >= 15 is 0 Å². The van der Waals surface area contributed by atoms with Gasteiger partial charge >= 0.3 is 0 Å². The standard InChI is InChI=1S/C64H70BN2/c1-40-34-56-59-57(35-40)67(53-30-26-43(61(5,6)7)36-48(53)47-23-19-18-22-46(47)41-20-16-15-17-21-41)55-39-52-51(63(11,12)32-33-64(52,13)14)38-50(55)58(65-59)49-37-44(62(8,9)10)27-31-54(49)66(56)45-28-24-42(25-29-45)60(2,3)4/h15-31,34-39,58H,32-33H2,1-14H3. The topological polar surface area (TPSA) is 6.48 Å². The van der Waals surface area contributed by atoms with E-state index in [9.17, 15) is 0 Å². The summed E-state index contributed by atoms with van der Waals surface area (Å²) < 4.78 is 0. The summed E-state index contributed by atoms with van der Waals surface area (Å²) in [6.45, 7) is 33.2. The summed E-state index contributed by atoms with van der Waals surface area (Å²) in [4.78, 5) is 5.28. The molecule has 10 rings (SSSR count). The molecule has 1 aliphatic carbocycles. The SMILES string of the molecule is Cc1cc2c3c(c1)N(c1ccc(C(C)(C)C)cc1-c1ccccc1-c1ccccc1)c1cc4c(cc1C([B]3)c1cc(C(C)(C)C)ccc1N2c1ccc(C(C)(C)C)cc1)C(C)(C)CCC4(C)C. The molecule has 7 aromatic carbocycles. The van der Waals surface area contributed by atoms with Crippen LogP contribution in [0.1, 0.15) is 153 Å². The van der Waals surface area contributed by atoms with E-state index in [1.54, 1.807) is 0 Å². The van der Waals surface area contributed by atoms with Gasteiger partial charge in [-0.25, -0.2) is 0 Å². The summed E-state index contributed by atoms with van der Waals surface area (Å²) in [6.07, 6.45) is 2.31. The number of fused-ring (bicyclic) bond motifs is 6. The maximum atomic E-state index is 2.69. The zero-order valence-corrected chi connectivity index (χ0v) is 42.7. The average molecular weight is 878 g/mol. The van der Waals surface area contributed by atoms with Crippen molar-refractivity contribution in [3.63, 3.8) is 0 Å². The molecule has 0 saturated heterocycles. The van der Waals surface area contributed by atoms with Gasteiger partial charge in [-0.2, -0.15) is 0 Å². The number of anilines is 6. The lowest BCUT2D eigenvalue weighted by molar-refractivity contribution is 0.331. The third kappa shape index (κ3) is 7.75. The Morgan fingerprint density at radius 2 is 0.955 bits per heavy atom. The second-order valence-electron chi connectivity index (χ2n) is 24.5. The number of aryl methyl sites for hydroxylation is 1. The van der Waals surface area contributed by atoms with Crippen molar-refractivity contribution in [2.75, 3.05) is 9.80 Å². The molecule has 7 aromatic rings. The third-order valence-electron chi connectivity index (χ3n) is 15.5. The molecule has 2 nitrogen and oxygen atoms in total. The van der Waals surface area contributed by atoms with Crippen molar-refractivity contribution >= 4 is 46.9 Å². The van der Waals surface area contributed by atoms with Gasteiger partial charge in [0.25, 0.3) is 0 Å². The predicted molar refractivity (Wildman–Crippen MR) is 290 cm³/mol. The van der Waals surface area contributed by atoms with E-state index in [0.717, 1.165) is 12.8 Å². The van der Waals surface area contributed by atoms with Crippen LogP contribution in [-0.2, 0) is 27.1 Å². The van der Waals surface area contributed by atoms with Gasteiger partial charge in [0.05, 0.1) is 5.69 Å². The minimum atomic E-state index is -0.0563. The molecule has 1 unspecified atom stereocenters. The summed E-state index contributed by atoms with van der Waals surface area (Å²) in [5.74, 6) is -0.0172. The van der Waals surface area contributed by atoms with Gasteiger partial charge in [0.15, 0.2) is 7.28 Å². The van der Waals surface area contributed by atoms with E-state index in [1.807, 2.05) is 0 Å². The van der Waals surface area contributed by atoms with E-state index < -0.39 is 0 Å². The normalized spacial score (nSPS) is 17.1. The molecule has 2 heterocycles. The van der Waals surface area contributed by atoms with Crippen molar-refractivity contribution < 1.29 is 0 Å². The number of rotatable bonds is 4. The first-order chi connectivity index (χ1) is 31.5. The van der Waals surface area contributed by atoms with Crippen LogP contribution in [0.15, 0.2) is 140 Å². The molecule has 3 heteroatoms. The molecule has 2 bridgehead atoms. The van der Waals surface area contributed by atoms with E-state index in [-0.39, 0.29) is 32.9 Å². The highest BCUT2D eigenvalue weighted by atomic mass is 15.2. The van der Waals surface area contributed by atoms with Gasteiger partial charge < -0.3 is 9.80 Å². The van der Waals surface area contributed by atoms with Crippen molar-refractivity contribution in [1.82, 2.24) is 0 Å². The summed E-state index contributed by atoms with van der Waals surface area (Å²) in [5.41, 5.74) is 24.4. The van der Waals surface area contributed by atoms with Crippen molar-refractivity contribution in [2.45, 2.75) is 143 Å². The maximum absolute atomic E-state index is 2.69. The lowest BCUT2D eigenvalue weighted by atomic mass is 9.53. The Labute approximate surface area is 403 Å². The highest BCUT2D eigenvalue weighted by molar-refractivity contribution is 6.61. The Balaban J connectivity index is 1.36. The highest BCUT2D eigenvalue weighted by Gasteiger charge is 2.43. The molecular formula is C64H70BN2. The Morgan fingerprint density at radius 1 is 0.448 bits per heavy atom. The summed E-state index contributed by atoms with van der Waals surface area (Å²) in [7, 11) is 2.65. The van der Waals surface area contributed by atoms with Crippen molar-refractivity contribution in [1.29, 1.82) is 0 Å². The zero-order valence-electron chi connectivity index (χ0n) is 42.7. The van der Waals surface area contributed by atoms with Crippen LogP contribution in [0, 0.1) is 6.92 Å². The molecule has 0 N–H and O–H groups in total. The molecule has 2 aliphatic heterocycles. The Morgan fingerprint density at radius 3 is 1.57 bits per heavy atom. The van der Waals surface area contributed by atoms with Gasteiger partial charge in [-0.1, -0.05) is 181 Å². The smallest absolute Gasteiger partial charge is 0.172 e. The van der Waals surface area contributed by atoms with Crippen LogP contribution in [0.5, 0.6) is 0 Å². The number of hydrogen-bond donors (Lipinski definition) is 0. The molecule has 1 radical (unpaired) electrons. The highest BCUT2D eigenvalue weighted by Crippen LogP contribution is 2.56. The van der Waals surface area contributed by atoms with Gasteiger partial charge in [-0.3, -0.25) is 0 Å². The predicted octanol–water partition coefficient (Wildman–Crippen LogP) is 17.3. The fourth-order valence-electron chi connectivity index (χ4n) is 11.3. The maximum Gasteiger partial charge on any atom is 0.172 e. The van der Waals surface area contributed by atoms with Gasteiger partial charge in [0, 0.05) is 34.0 Å². The average Bonchev–Trinajstić information content (AvgIpc) is 3.51. The molecule has 0 saturated carbocycles. The van der Waals surface area contributed by atoms with Gasteiger partial charge in [-0.15, -0.1) is 0 Å². The van der Waals surface area contributed by atoms with Crippen molar-refractivity contribution in [3.8, 4) is 22.3 Å². The first kappa shape index (κ1) is 45.0. The molecular weight excluding hydrogens is 808 g/mol. The summed E-state index contributed by atoms with van der Waals surface area (Å²) >= 11 is 0. The summed E-state index contributed by atoms with van der Waals surface area (Å²) in [6, 6.07) is 54.4. The summed E-state index contributed by atoms with van der Waals surface area (Å²) in [5, 5.41) is 0. The lowest BCUT2D eigenvalue weighted by Crippen LogP contribution is -2.34. The minimum absolute atomic E-state index is 0.0148. The van der Waals surface area contributed by atoms with Crippen LogP contribution in [0.4, 0.5) is 34.1 Å². The monoisotopic (exact) mass is 878 g/mol. The fraction of sp³-hybridized carbons (Fsp3) is 0.344. The Kier molecular flexibility index (Phi) is 10.5. The minimum Gasteiger partial charge on any atom is -0.311 e. The van der Waals surface area contributed by atoms with E-state index in [4.69, 9.17) is 0 Å². The molecule has 3 aliphatic rings. The van der Waals surface area contributed by atoms with E-state index in [0.29, 0.717) is 0 Å². The second kappa shape index (κ2) is 15.6. The van der Waals surface area contributed by atoms with Crippen molar-refractivity contribution in [2.24, 2.45) is 0 Å². The number of nitrogens with zero attached hydrogens (tertiary/aromatic N) is 2. The first-order valence-electron chi connectivity index (χ1n) is 24.8. The quantitative estimate of drug-likeness (QED) is 0.163. The number of benzene rings is 7. The van der Waals surface area contributed by atoms with E-state index in [1.165, 1.54) is 106 Å². The Hall–Kier alpha value is -5.80. The van der Waals surface area contributed by atoms with Crippen LogP contribution in [0.2, 0.25) is 0 Å². The number of hydrogen-bond acceptors (Lipinski definition) is 2. The van der Waals surface area contributed by atoms with Crippen LogP contribution >= 0.6 is 0 Å². The van der Waals surface area contributed by atoms with Crippen molar-refractivity contribution in [3.05, 3.63) is 184 Å². The van der Waals surface area contributed by atoms with Gasteiger partial charge in [0.2, 0.25) is 0 Å². The molecule has 0 amide bonds. The molecule has 67 heavy (non-hydrogen) atoms. The molecule has 1 atom stereocenters. The zero-order chi connectivity index (χ0) is 47.6. The lowest BCUT2D eigenvalue weighted by Gasteiger charge is -2.44. The van der Waals surface area contributed by atoms with Gasteiger partial charge in [0.1, 0.15) is 0 Å². The van der Waals surface area contributed by atoms with Crippen LogP contribution in [0.25, 0.3) is 22.3 Å². The first-order valence-corrected chi connectivity index (χ1v) is 24.8. The molecule has 0 spiro atoms. The van der Waals surface area contributed by atoms with Crippen LogP contribution in [0.3, 0.4) is 0 Å². The second-order valence-corrected chi connectivity index (χ2v) is 24.5. The van der Waals surface area contributed by atoms with Crippen LogP contribution < -0.4 is 15.3 Å². The largest absolute Gasteiger partial charge is 0.311 e.